The first-order valence-electron chi connectivity index (χ1n) is 9.05. The van der Waals surface area contributed by atoms with E-state index in [9.17, 15) is 13.2 Å². The third kappa shape index (κ3) is 3.84. The average molecular weight is 386 g/mol. The van der Waals surface area contributed by atoms with E-state index in [0.717, 1.165) is 12.0 Å². The summed E-state index contributed by atoms with van der Waals surface area (Å²) in [4.78, 5) is 12.5. The lowest BCUT2D eigenvalue weighted by Crippen LogP contribution is -2.43. The van der Waals surface area contributed by atoms with E-state index in [-0.39, 0.29) is 30.4 Å². The normalized spacial score (nSPS) is 22.5. The maximum Gasteiger partial charge on any atom is 0.314 e. The molecule has 0 aromatic heterocycles. The van der Waals surface area contributed by atoms with Gasteiger partial charge in [0.2, 0.25) is 0 Å². The maximum absolute atomic E-state index is 12.2. The van der Waals surface area contributed by atoms with Crippen LogP contribution in [0.4, 0.5) is 4.79 Å². The highest BCUT2D eigenvalue weighted by atomic mass is 32.2. The van der Waals surface area contributed by atoms with Crippen LogP contribution in [0.5, 0.6) is 0 Å². The molecule has 0 bridgehead atoms. The Balaban J connectivity index is 1.28. The van der Waals surface area contributed by atoms with Crippen LogP contribution in [0.2, 0.25) is 0 Å². The standard InChI is InChI=1S/C20H22N2O4S/c23-20(22-11-17-9-14-5-1-2-6-15(14)12-26-17)21-10-16-13-27(24,25)19-8-4-3-7-18(16)19/h1-8,16-17H,9-13H2,(H2,21,22,23)/t16?,17-/m0/s1. The molecule has 0 fully saturated rings. The molecule has 2 amide bonds. The molecule has 2 aliphatic rings. The van der Waals surface area contributed by atoms with E-state index in [4.69, 9.17) is 4.74 Å². The summed E-state index contributed by atoms with van der Waals surface area (Å²) >= 11 is 0. The van der Waals surface area contributed by atoms with Crippen LogP contribution in [0.3, 0.4) is 0 Å². The molecule has 2 aromatic rings. The minimum Gasteiger partial charge on any atom is -0.371 e. The summed E-state index contributed by atoms with van der Waals surface area (Å²) < 4.78 is 30.2. The second kappa shape index (κ2) is 7.32. The summed E-state index contributed by atoms with van der Waals surface area (Å²) in [6.45, 7) is 1.26. The van der Waals surface area contributed by atoms with Gasteiger partial charge < -0.3 is 15.4 Å². The molecule has 0 saturated carbocycles. The van der Waals surface area contributed by atoms with Crippen molar-refractivity contribution in [1.29, 1.82) is 0 Å². The molecule has 27 heavy (non-hydrogen) atoms. The number of hydrogen-bond acceptors (Lipinski definition) is 4. The SMILES string of the molecule is O=C(NCC1CS(=O)(=O)c2ccccc21)NC[C@@H]1Cc2ccccc2CO1. The van der Waals surface area contributed by atoms with E-state index < -0.39 is 9.84 Å². The number of amides is 2. The minimum atomic E-state index is -3.25. The maximum atomic E-state index is 12.2. The highest BCUT2D eigenvalue weighted by Gasteiger charge is 2.34. The van der Waals surface area contributed by atoms with Crippen LogP contribution in [0.1, 0.15) is 22.6 Å². The Labute approximate surface area is 158 Å². The van der Waals surface area contributed by atoms with Crippen molar-refractivity contribution in [2.24, 2.45) is 0 Å². The van der Waals surface area contributed by atoms with E-state index in [1.807, 2.05) is 24.3 Å². The Kier molecular flexibility index (Phi) is 4.88. The number of carbonyl (C=O) groups excluding carboxylic acids is 1. The summed E-state index contributed by atoms with van der Waals surface area (Å²) in [5.41, 5.74) is 3.23. The van der Waals surface area contributed by atoms with Crippen molar-refractivity contribution in [3.05, 3.63) is 65.2 Å². The predicted octanol–water partition coefficient (Wildman–Crippen LogP) is 2.00. The van der Waals surface area contributed by atoms with Gasteiger partial charge in [-0.2, -0.15) is 0 Å². The van der Waals surface area contributed by atoms with Crippen molar-refractivity contribution in [3.63, 3.8) is 0 Å². The monoisotopic (exact) mass is 386 g/mol. The molecule has 142 valence electrons. The number of rotatable bonds is 4. The number of benzene rings is 2. The van der Waals surface area contributed by atoms with Gasteiger partial charge in [0.05, 0.1) is 23.4 Å². The summed E-state index contributed by atoms with van der Waals surface area (Å²) in [6.07, 6.45) is 0.711. The summed E-state index contributed by atoms with van der Waals surface area (Å²) in [7, 11) is -3.25. The van der Waals surface area contributed by atoms with E-state index in [0.29, 0.717) is 18.0 Å². The van der Waals surface area contributed by atoms with E-state index in [1.165, 1.54) is 11.1 Å². The molecule has 1 unspecified atom stereocenters. The first-order valence-corrected chi connectivity index (χ1v) is 10.7. The zero-order valence-electron chi connectivity index (χ0n) is 14.9. The van der Waals surface area contributed by atoms with Gasteiger partial charge in [-0.15, -0.1) is 0 Å². The first kappa shape index (κ1) is 18.0. The third-order valence-electron chi connectivity index (χ3n) is 5.15. The highest BCUT2D eigenvalue weighted by molar-refractivity contribution is 7.91. The minimum absolute atomic E-state index is 0.0369. The quantitative estimate of drug-likeness (QED) is 0.842. The fourth-order valence-electron chi connectivity index (χ4n) is 3.74. The molecule has 2 aliphatic heterocycles. The molecular weight excluding hydrogens is 364 g/mol. The second-order valence-electron chi connectivity index (χ2n) is 7.01. The van der Waals surface area contributed by atoms with Gasteiger partial charge in [-0.05, 0) is 22.8 Å². The van der Waals surface area contributed by atoms with Crippen molar-refractivity contribution >= 4 is 15.9 Å². The van der Waals surface area contributed by atoms with Crippen molar-refractivity contribution < 1.29 is 17.9 Å². The van der Waals surface area contributed by atoms with Crippen molar-refractivity contribution in [2.45, 2.75) is 29.9 Å². The van der Waals surface area contributed by atoms with Crippen LogP contribution in [0.15, 0.2) is 53.4 Å². The fraction of sp³-hybridized carbons (Fsp3) is 0.350. The van der Waals surface area contributed by atoms with Gasteiger partial charge in [-0.3, -0.25) is 0 Å². The highest BCUT2D eigenvalue weighted by Crippen LogP contribution is 2.34. The topological polar surface area (TPSA) is 84.5 Å². The van der Waals surface area contributed by atoms with Gasteiger partial charge in [0.1, 0.15) is 0 Å². The van der Waals surface area contributed by atoms with Gasteiger partial charge in [0.15, 0.2) is 9.84 Å². The van der Waals surface area contributed by atoms with Gasteiger partial charge in [-0.25, -0.2) is 13.2 Å². The molecule has 0 radical (unpaired) electrons. The third-order valence-corrected chi connectivity index (χ3v) is 7.04. The smallest absolute Gasteiger partial charge is 0.314 e. The lowest BCUT2D eigenvalue weighted by Gasteiger charge is -2.25. The molecule has 6 nitrogen and oxygen atoms in total. The molecule has 0 saturated heterocycles. The lowest BCUT2D eigenvalue weighted by atomic mass is 9.99. The van der Waals surface area contributed by atoms with E-state index in [2.05, 4.69) is 22.8 Å². The van der Waals surface area contributed by atoms with Crippen LogP contribution >= 0.6 is 0 Å². The number of urea groups is 1. The van der Waals surface area contributed by atoms with Crippen LogP contribution in [-0.2, 0) is 27.6 Å². The molecule has 4 rings (SSSR count). The second-order valence-corrected chi connectivity index (χ2v) is 9.02. The zero-order chi connectivity index (χ0) is 18.9. The molecule has 2 atom stereocenters. The number of fused-ring (bicyclic) bond motifs is 2. The zero-order valence-corrected chi connectivity index (χ0v) is 15.7. The average Bonchev–Trinajstić information content (AvgIpc) is 2.95. The van der Waals surface area contributed by atoms with Crippen molar-refractivity contribution in [1.82, 2.24) is 10.6 Å². The summed E-state index contributed by atoms with van der Waals surface area (Å²) in [6, 6.07) is 14.8. The number of nitrogens with one attached hydrogen (secondary N) is 2. The molecular formula is C20H22N2O4S. The number of sulfone groups is 1. The van der Waals surface area contributed by atoms with E-state index >= 15 is 0 Å². The Morgan fingerprint density at radius 2 is 1.70 bits per heavy atom. The molecule has 0 aliphatic carbocycles. The van der Waals surface area contributed by atoms with Gasteiger partial charge in [-0.1, -0.05) is 42.5 Å². The van der Waals surface area contributed by atoms with Crippen molar-refractivity contribution in [3.8, 4) is 0 Å². The van der Waals surface area contributed by atoms with Gasteiger partial charge in [0.25, 0.3) is 0 Å². The van der Waals surface area contributed by atoms with Gasteiger partial charge >= 0.3 is 6.03 Å². The number of hydrogen-bond donors (Lipinski definition) is 2. The number of carbonyl (C=O) groups is 1. The Hall–Kier alpha value is -2.38. The lowest BCUT2D eigenvalue weighted by molar-refractivity contribution is 0.0305. The summed E-state index contributed by atoms with van der Waals surface area (Å²) in [5.74, 6) is -0.176. The summed E-state index contributed by atoms with van der Waals surface area (Å²) in [5, 5.41) is 5.62. The van der Waals surface area contributed by atoms with Gasteiger partial charge in [0, 0.05) is 25.4 Å². The Morgan fingerprint density at radius 1 is 1.00 bits per heavy atom. The van der Waals surface area contributed by atoms with Crippen molar-refractivity contribution in [2.75, 3.05) is 18.8 Å². The molecule has 7 heteroatoms. The Bertz CT molecular complexity index is 958. The first-order chi connectivity index (χ1) is 13.0. The molecule has 2 N–H and O–H groups in total. The molecule has 2 aromatic carbocycles. The molecule has 0 spiro atoms. The van der Waals surface area contributed by atoms with Crippen LogP contribution < -0.4 is 10.6 Å². The van der Waals surface area contributed by atoms with Crippen LogP contribution in [0, 0.1) is 0 Å². The van der Waals surface area contributed by atoms with Crippen LogP contribution in [-0.4, -0.2) is 39.4 Å². The fourth-order valence-corrected chi connectivity index (χ4v) is 5.63. The predicted molar refractivity (Wildman–Crippen MR) is 101 cm³/mol. The number of ether oxygens (including phenoxy) is 1. The van der Waals surface area contributed by atoms with Crippen LogP contribution in [0.25, 0.3) is 0 Å². The Morgan fingerprint density at radius 3 is 2.56 bits per heavy atom. The molecule has 2 heterocycles. The largest absolute Gasteiger partial charge is 0.371 e. The van der Waals surface area contributed by atoms with E-state index in [1.54, 1.807) is 12.1 Å².